The van der Waals surface area contributed by atoms with Crippen molar-refractivity contribution in [1.82, 2.24) is 0 Å². The molecule has 0 atom stereocenters. The molecule has 16 heavy (non-hydrogen) atoms. The van der Waals surface area contributed by atoms with Crippen LogP contribution in [0.3, 0.4) is 0 Å². The van der Waals surface area contributed by atoms with Gasteiger partial charge < -0.3 is 4.74 Å². The molecule has 0 saturated heterocycles. The predicted octanol–water partition coefficient (Wildman–Crippen LogP) is 4.56. The van der Waals surface area contributed by atoms with Crippen LogP contribution in [0.1, 0.15) is 40.0 Å². The van der Waals surface area contributed by atoms with Gasteiger partial charge in [0.15, 0.2) is 11.6 Å². The summed E-state index contributed by atoms with van der Waals surface area (Å²) in [5, 5.41) is 0. The second-order valence-corrected chi connectivity index (χ2v) is 3.42. The van der Waals surface area contributed by atoms with Crippen molar-refractivity contribution in [1.29, 1.82) is 0 Å². The number of halogens is 2. The van der Waals surface area contributed by atoms with Gasteiger partial charge in [0, 0.05) is 6.07 Å². The summed E-state index contributed by atoms with van der Waals surface area (Å²) in [5.74, 6) is -1.02. The molecule has 92 valence electrons. The highest BCUT2D eigenvalue weighted by molar-refractivity contribution is 5.24. The molecule has 1 aromatic carbocycles. The third-order valence-electron chi connectivity index (χ3n) is 1.85. The summed E-state index contributed by atoms with van der Waals surface area (Å²) in [6.45, 7) is 6.66. The molecule has 0 amide bonds. The molecule has 0 bridgehead atoms. The SMILES string of the molecule is CCCC.CCCOc1cc(F)ccc1F. The Morgan fingerprint density at radius 2 is 1.62 bits per heavy atom. The first-order valence-electron chi connectivity index (χ1n) is 5.73. The number of benzene rings is 1. The lowest BCUT2D eigenvalue weighted by molar-refractivity contribution is 0.299. The molecule has 0 aliphatic heterocycles. The molecule has 1 rings (SSSR count). The van der Waals surface area contributed by atoms with Gasteiger partial charge in [-0.15, -0.1) is 0 Å². The first kappa shape index (κ1) is 14.9. The van der Waals surface area contributed by atoms with E-state index < -0.39 is 11.6 Å². The molecule has 0 saturated carbocycles. The first-order valence-corrected chi connectivity index (χ1v) is 5.73. The van der Waals surface area contributed by atoms with Gasteiger partial charge in [0.1, 0.15) is 5.82 Å². The minimum Gasteiger partial charge on any atom is -0.490 e. The summed E-state index contributed by atoms with van der Waals surface area (Å²) in [7, 11) is 0. The van der Waals surface area contributed by atoms with E-state index in [4.69, 9.17) is 4.74 Å². The van der Waals surface area contributed by atoms with Gasteiger partial charge in [-0.2, -0.15) is 0 Å². The molecular weight excluding hydrogens is 210 g/mol. The average Bonchev–Trinajstić information content (AvgIpc) is 2.30. The van der Waals surface area contributed by atoms with Crippen molar-refractivity contribution in [2.45, 2.75) is 40.0 Å². The van der Waals surface area contributed by atoms with Crippen LogP contribution in [-0.4, -0.2) is 6.61 Å². The van der Waals surface area contributed by atoms with Crippen molar-refractivity contribution in [3.05, 3.63) is 29.8 Å². The summed E-state index contributed by atoms with van der Waals surface area (Å²) in [6.07, 6.45) is 3.41. The number of rotatable bonds is 4. The summed E-state index contributed by atoms with van der Waals surface area (Å²) in [4.78, 5) is 0. The molecule has 3 heteroatoms. The number of hydrogen-bond donors (Lipinski definition) is 0. The summed E-state index contributed by atoms with van der Waals surface area (Å²) in [6, 6.07) is 3.17. The molecule has 0 N–H and O–H groups in total. The molecule has 0 radical (unpaired) electrons. The molecule has 1 nitrogen and oxygen atoms in total. The van der Waals surface area contributed by atoms with E-state index in [-0.39, 0.29) is 5.75 Å². The monoisotopic (exact) mass is 230 g/mol. The van der Waals surface area contributed by atoms with Crippen molar-refractivity contribution in [2.75, 3.05) is 6.61 Å². The van der Waals surface area contributed by atoms with Crippen LogP contribution in [0.2, 0.25) is 0 Å². The quantitative estimate of drug-likeness (QED) is 0.736. The van der Waals surface area contributed by atoms with Crippen LogP contribution < -0.4 is 4.74 Å². The molecule has 1 aromatic rings. The Bertz CT molecular complexity index is 285. The van der Waals surface area contributed by atoms with Crippen LogP contribution in [0.25, 0.3) is 0 Å². The maximum Gasteiger partial charge on any atom is 0.165 e. The largest absolute Gasteiger partial charge is 0.490 e. The summed E-state index contributed by atoms with van der Waals surface area (Å²) < 4.78 is 30.3. The minimum atomic E-state index is -0.523. The van der Waals surface area contributed by atoms with Gasteiger partial charge in [0.2, 0.25) is 0 Å². The van der Waals surface area contributed by atoms with Crippen LogP contribution in [0.15, 0.2) is 18.2 Å². The van der Waals surface area contributed by atoms with Gasteiger partial charge in [-0.25, -0.2) is 8.78 Å². The van der Waals surface area contributed by atoms with E-state index >= 15 is 0 Å². The third-order valence-corrected chi connectivity index (χ3v) is 1.85. The molecular formula is C13H20F2O. The van der Waals surface area contributed by atoms with Gasteiger partial charge in [0.25, 0.3) is 0 Å². The van der Waals surface area contributed by atoms with Crippen LogP contribution in [0.5, 0.6) is 5.75 Å². The van der Waals surface area contributed by atoms with Gasteiger partial charge in [-0.05, 0) is 18.6 Å². The zero-order valence-corrected chi connectivity index (χ0v) is 10.2. The lowest BCUT2D eigenvalue weighted by Crippen LogP contribution is -1.97. The Morgan fingerprint density at radius 1 is 1.00 bits per heavy atom. The van der Waals surface area contributed by atoms with Crippen LogP contribution >= 0.6 is 0 Å². The van der Waals surface area contributed by atoms with E-state index in [1.807, 2.05) is 6.92 Å². The fourth-order valence-corrected chi connectivity index (χ4v) is 0.800. The molecule has 0 unspecified atom stereocenters. The zero-order chi connectivity index (χ0) is 12.4. The second-order valence-electron chi connectivity index (χ2n) is 3.42. The maximum absolute atomic E-state index is 12.8. The van der Waals surface area contributed by atoms with Gasteiger partial charge in [0.05, 0.1) is 6.61 Å². The van der Waals surface area contributed by atoms with Crippen molar-refractivity contribution in [2.24, 2.45) is 0 Å². The van der Waals surface area contributed by atoms with Gasteiger partial charge in [-0.1, -0.05) is 33.6 Å². The fraction of sp³-hybridized carbons (Fsp3) is 0.538. The van der Waals surface area contributed by atoms with Gasteiger partial charge in [-0.3, -0.25) is 0 Å². The smallest absolute Gasteiger partial charge is 0.165 e. The lowest BCUT2D eigenvalue weighted by atomic mass is 10.3. The molecule has 0 fully saturated rings. The van der Waals surface area contributed by atoms with Crippen LogP contribution in [-0.2, 0) is 0 Å². The summed E-state index contributed by atoms with van der Waals surface area (Å²) in [5.41, 5.74) is 0. The molecule has 0 aliphatic carbocycles. The van der Waals surface area contributed by atoms with E-state index in [1.54, 1.807) is 0 Å². The summed E-state index contributed by atoms with van der Waals surface area (Å²) >= 11 is 0. The van der Waals surface area contributed by atoms with E-state index in [0.717, 1.165) is 24.6 Å². The highest BCUT2D eigenvalue weighted by atomic mass is 19.1. The van der Waals surface area contributed by atoms with Gasteiger partial charge >= 0.3 is 0 Å². The van der Waals surface area contributed by atoms with Crippen molar-refractivity contribution >= 4 is 0 Å². The van der Waals surface area contributed by atoms with E-state index in [2.05, 4.69) is 13.8 Å². The minimum absolute atomic E-state index is 0.0168. The molecule has 0 aliphatic rings. The predicted molar refractivity (Wildman–Crippen MR) is 62.7 cm³/mol. The normalized spacial score (nSPS) is 9.31. The topological polar surface area (TPSA) is 9.23 Å². The molecule has 0 aromatic heterocycles. The fourth-order valence-electron chi connectivity index (χ4n) is 0.800. The number of unbranched alkanes of at least 4 members (excludes halogenated alkanes) is 1. The zero-order valence-electron chi connectivity index (χ0n) is 10.2. The standard InChI is InChI=1S/C9H10F2O.C4H10/c1-2-5-12-9-6-7(10)3-4-8(9)11;1-3-4-2/h3-4,6H,2,5H2,1H3;3-4H2,1-2H3. The van der Waals surface area contributed by atoms with E-state index in [9.17, 15) is 8.78 Å². The lowest BCUT2D eigenvalue weighted by Gasteiger charge is -2.04. The highest BCUT2D eigenvalue weighted by Crippen LogP contribution is 2.17. The van der Waals surface area contributed by atoms with E-state index in [0.29, 0.717) is 6.61 Å². The third kappa shape index (κ3) is 6.38. The Morgan fingerprint density at radius 3 is 2.12 bits per heavy atom. The first-order chi connectivity index (χ1) is 7.65. The Hall–Kier alpha value is -1.12. The number of ether oxygens (including phenoxy) is 1. The van der Waals surface area contributed by atoms with Crippen molar-refractivity contribution in [3.63, 3.8) is 0 Å². The Labute approximate surface area is 96.4 Å². The second kappa shape index (κ2) is 9.13. The van der Waals surface area contributed by atoms with E-state index in [1.165, 1.54) is 12.8 Å². The maximum atomic E-state index is 12.8. The average molecular weight is 230 g/mol. The Balaban J connectivity index is 0.000000487. The highest BCUT2D eigenvalue weighted by Gasteiger charge is 2.03. The van der Waals surface area contributed by atoms with Crippen molar-refractivity contribution in [3.8, 4) is 5.75 Å². The molecule has 0 spiro atoms. The Kier molecular flexibility index (Phi) is 8.49. The van der Waals surface area contributed by atoms with Crippen LogP contribution in [0.4, 0.5) is 8.78 Å². The molecule has 0 heterocycles. The van der Waals surface area contributed by atoms with Crippen LogP contribution in [0, 0.1) is 11.6 Å². The number of hydrogen-bond acceptors (Lipinski definition) is 1. The van der Waals surface area contributed by atoms with Crippen molar-refractivity contribution < 1.29 is 13.5 Å².